The molecule has 0 aliphatic heterocycles. The third kappa shape index (κ3) is 3.54. The van der Waals surface area contributed by atoms with Gasteiger partial charge in [0.2, 0.25) is 5.89 Å². The zero-order valence-corrected chi connectivity index (χ0v) is 10.7. The normalized spacial score (nSPS) is 10.4. The van der Waals surface area contributed by atoms with Gasteiger partial charge in [0.1, 0.15) is 6.26 Å². The molecule has 102 valence electrons. The summed E-state index contributed by atoms with van der Waals surface area (Å²) >= 11 is 0. The van der Waals surface area contributed by atoms with Crippen molar-refractivity contribution in [1.82, 2.24) is 15.1 Å². The number of anilines is 1. The number of hydrogen-bond acceptors (Lipinski definition) is 8. The van der Waals surface area contributed by atoms with Crippen molar-refractivity contribution in [2.24, 2.45) is 0 Å². The average molecular weight is 266 g/mol. The van der Waals surface area contributed by atoms with Crippen molar-refractivity contribution < 1.29 is 18.5 Å². The van der Waals surface area contributed by atoms with E-state index in [2.05, 4.69) is 20.4 Å². The van der Waals surface area contributed by atoms with Gasteiger partial charge in [0.05, 0.1) is 6.61 Å². The summed E-state index contributed by atoms with van der Waals surface area (Å²) in [4.78, 5) is 19.4. The minimum Gasteiger partial charge on any atom is -0.461 e. The molecule has 0 spiro atoms. The van der Waals surface area contributed by atoms with E-state index in [1.165, 1.54) is 6.26 Å². The van der Waals surface area contributed by atoms with Gasteiger partial charge in [0.25, 0.3) is 6.01 Å². The van der Waals surface area contributed by atoms with E-state index < -0.39 is 5.97 Å². The smallest absolute Gasteiger partial charge is 0.360 e. The molecule has 0 bridgehead atoms. The maximum absolute atomic E-state index is 11.4. The number of nitrogens with one attached hydrogen (secondary N) is 1. The zero-order chi connectivity index (χ0) is 13.7. The molecule has 1 N–H and O–H groups in total. The summed E-state index contributed by atoms with van der Waals surface area (Å²) in [5.41, 5.74) is 0.139. The molecule has 19 heavy (non-hydrogen) atoms. The first kappa shape index (κ1) is 13.1. The molecule has 0 unspecified atom stereocenters. The van der Waals surface area contributed by atoms with E-state index in [4.69, 9.17) is 13.7 Å². The van der Waals surface area contributed by atoms with E-state index in [9.17, 15) is 4.79 Å². The SMILES string of the molecule is CCOC(=O)c1coc(NCCc2noc(C)n2)n1. The van der Waals surface area contributed by atoms with Gasteiger partial charge in [-0.15, -0.1) is 0 Å². The molecule has 0 amide bonds. The Labute approximate surface area is 109 Å². The summed E-state index contributed by atoms with van der Waals surface area (Å²) in [6, 6.07) is 0.253. The Morgan fingerprint density at radius 2 is 2.32 bits per heavy atom. The van der Waals surface area contributed by atoms with Crippen LogP contribution in [-0.2, 0) is 11.2 Å². The van der Waals surface area contributed by atoms with Crippen molar-refractivity contribution in [3.8, 4) is 0 Å². The second kappa shape index (κ2) is 5.98. The van der Waals surface area contributed by atoms with Crippen molar-refractivity contribution in [1.29, 1.82) is 0 Å². The molecule has 2 rings (SSSR count). The summed E-state index contributed by atoms with van der Waals surface area (Å²) < 4.78 is 14.7. The molecule has 2 aromatic rings. The third-order valence-corrected chi connectivity index (χ3v) is 2.18. The Morgan fingerprint density at radius 1 is 1.47 bits per heavy atom. The maximum Gasteiger partial charge on any atom is 0.360 e. The molecule has 0 radical (unpaired) electrons. The van der Waals surface area contributed by atoms with Crippen LogP contribution in [0.5, 0.6) is 0 Å². The molecule has 0 fully saturated rings. The molecule has 8 heteroatoms. The highest BCUT2D eigenvalue weighted by Gasteiger charge is 2.12. The minimum absolute atomic E-state index is 0.139. The Morgan fingerprint density at radius 3 is 3.00 bits per heavy atom. The molecular formula is C11H14N4O4. The van der Waals surface area contributed by atoms with Gasteiger partial charge in [0, 0.05) is 19.9 Å². The van der Waals surface area contributed by atoms with Crippen LogP contribution in [0, 0.1) is 6.92 Å². The van der Waals surface area contributed by atoms with Gasteiger partial charge >= 0.3 is 5.97 Å². The molecule has 8 nitrogen and oxygen atoms in total. The van der Waals surface area contributed by atoms with Gasteiger partial charge in [-0.1, -0.05) is 5.16 Å². The van der Waals surface area contributed by atoms with Crippen molar-refractivity contribution >= 4 is 12.0 Å². The lowest BCUT2D eigenvalue weighted by atomic mass is 10.4. The van der Waals surface area contributed by atoms with Crippen LogP contribution in [-0.4, -0.2) is 34.2 Å². The predicted octanol–water partition coefficient (Wildman–Crippen LogP) is 1.20. The Bertz CT molecular complexity index is 548. The fraction of sp³-hybridized carbons (Fsp3) is 0.455. The first-order valence-corrected chi connectivity index (χ1v) is 5.84. The second-order valence-electron chi connectivity index (χ2n) is 3.66. The Hall–Kier alpha value is -2.38. The zero-order valence-electron chi connectivity index (χ0n) is 10.7. The number of oxazole rings is 1. The maximum atomic E-state index is 11.4. The van der Waals surface area contributed by atoms with Crippen molar-refractivity contribution in [2.75, 3.05) is 18.5 Å². The lowest BCUT2D eigenvalue weighted by Crippen LogP contribution is -2.08. The predicted molar refractivity (Wildman–Crippen MR) is 63.7 cm³/mol. The van der Waals surface area contributed by atoms with Crippen LogP contribution in [0.25, 0.3) is 0 Å². The van der Waals surface area contributed by atoms with Crippen LogP contribution in [0.2, 0.25) is 0 Å². The lowest BCUT2D eigenvalue weighted by molar-refractivity contribution is 0.0519. The van der Waals surface area contributed by atoms with E-state index in [1.54, 1.807) is 13.8 Å². The lowest BCUT2D eigenvalue weighted by Gasteiger charge is -1.97. The fourth-order valence-electron chi connectivity index (χ4n) is 1.38. The van der Waals surface area contributed by atoms with Gasteiger partial charge in [0.15, 0.2) is 11.5 Å². The van der Waals surface area contributed by atoms with E-state index in [0.29, 0.717) is 31.3 Å². The Kier molecular flexibility index (Phi) is 4.11. The number of ether oxygens (including phenoxy) is 1. The number of hydrogen-bond donors (Lipinski definition) is 1. The van der Waals surface area contributed by atoms with Crippen LogP contribution in [0.1, 0.15) is 29.1 Å². The summed E-state index contributed by atoms with van der Waals surface area (Å²) in [5, 5.41) is 6.67. The van der Waals surface area contributed by atoms with Gasteiger partial charge in [-0.05, 0) is 6.92 Å². The molecule has 0 saturated heterocycles. The largest absolute Gasteiger partial charge is 0.461 e. The summed E-state index contributed by atoms with van der Waals surface area (Å²) in [6.45, 7) is 4.26. The summed E-state index contributed by atoms with van der Waals surface area (Å²) in [6.07, 6.45) is 1.81. The molecule has 0 aromatic carbocycles. The fourth-order valence-corrected chi connectivity index (χ4v) is 1.38. The van der Waals surface area contributed by atoms with E-state index in [0.717, 1.165) is 0 Å². The third-order valence-electron chi connectivity index (χ3n) is 2.18. The second-order valence-corrected chi connectivity index (χ2v) is 3.66. The van der Waals surface area contributed by atoms with Crippen molar-refractivity contribution in [2.45, 2.75) is 20.3 Å². The Balaban J connectivity index is 1.81. The van der Waals surface area contributed by atoms with Gasteiger partial charge in [-0.2, -0.15) is 9.97 Å². The van der Waals surface area contributed by atoms with Crippen LogP contribution < -0.4 is 5.32 Å². The van der Waals surface area contributed by atoms with Gasteiger partial charge in [-0.3, -0.25) is 0 Å². The highest BCUT2D eigenvalue weighted by molar-refractivity contribution is 5.87. The molecule has 2 heterocycles. The minimum atomic E-state index is -0.506. The van der Waals surface area contributed by atoms with Crippen LogP contribution in [0.3, 0.4) is 0 Å². The topological polar surface area (TPSA) is 103 Å². The number of rotatable bonds is 6. The molecule has 0 aliphatic rings. The van der Waals surface area contributed by atoms with E-state index in [1.807, 2.05) is 0 Å². The van der Waals surface area contributed by atoms with Crippen LogP contribution in [0.4, 0.5) is 6.01 Å². The molecule has 2 aromatic heterocycles. The van der Waals surface area contributed by atoms with Crippen LogP contribution >= 0.6 is 0 Å². The molecule has 0 atom stereocenters. The summed E-state index contributed by atoms with van der Waals surface area (Å²) in [7, 11) is 0. The molecular weight excluding hydrogens is 252 g/mol. The highest BCUT2D eigenvalue weighted by atomic mass is 16.5. The van der Waals surface area contributed by atoms with Crippen LogP contribution in [0.15, 0.2) is 15.2 Å². The molecule has 0 aliphatic carbocycles. The van der Waals surface area contributed by atoms with Crippen molar-refractivity contribution in [3.63, 3.8) is 0 Å². The van der Waals surface area contributed by atoms with Gasteiger partial charge < -0.3 is 19.0 Å². The number of nitrogens with zero attached hydrogens (tertiary/aromatic N) is 3. The van der Waals surface area contributed by atoms with Gasteiger partial charge in [-0.25, -0.2) is 4.79 Å². The van der Waals surface area contributed by atoms with E-state index in [-0.39, 0.29) is 11.7 Å². The first-order chi connectivity index (χ1) is 9.19. The number of carbonyl (C=O) groups is 1. The first-order valence-electron chi connectivity index (χ1n) is 5.84. The number of esters is 1. The quantitative estimate of drug-likeness (QED) is 0.778. The van der Waals surface area contributed by atoms with Crippen molar-refractivity contribution in [3.05, 3.63) is 23.7 Å². The number of carbonyl (C=O) groups excluding carboxylic acids is 1. The number of aromatic nitrogens is 3. The average Bonchev–Trinajstić information content (AvgIpc) is 2.99. The molecule has 0 saturated carbocycles. The standard InChI is InChI=1S/C11H14N4O4/c1-3-17-10(16)8-6-18-11(14-8)12-5-4-9-13-7(2)19-15-9/h6H,3-5H2,1-2H3,(H,12,14). The van der Waals surface area contributed by atoms with E-state index >= 15 is 0 Å². The number of aryl methyl sites for hydroxylation is 1. The summed E-state index contributed by atoms with van der Waals surface area (Å²) in [5.74, 6) is 0.617. The highest BCUT2D eigenvalue weighted by Crippen LogP contribution is 2.08. The monoisotopic (exact) mass is 266 g/mol.